The van der Waals surface area contributed by atoms with Crippen LogP contribution in [0.1, 0.15) is 16.9 Å². The molecule has 3 aromatic heterocycles. The largest absolute Gasteiger partial charge is 0.339 e. The third-order valence-corrected chi connectivity index (χ3v) is 5.32. The lowest BCUT2D eigenvalue weighted by Crippen LogP contribution is -2.36. The summed E-state index contributed by atoms with van der Waals surface area (Å²) in [5.74, 6) is 0.818. The Kier molecular flexibility index (Phi) is 3.96. The molecule has 8 nitrogen and oxygen atoms in total. The van der Waals surface area contributed by atoms with E-state index in [2.05, 4.69) is 20.2 Å². The van der Waals surface area contributed by atoms with Crippen molar-refractivity contribution in [3.8, 4) is 0 Å². The highest BCUT2D eigenvalue weighted by molar-refractivity contribution is 6.04. The van der Waals surface area contributed by atoms with Gasteiger partial charge in [0.05, 0.1) is 5.52 Å². The van der Waals surface area contributed by atoms with Crippen molar-refractivity contribution in [1.29, 1.82) is 0 Å². The number of para-hydroxylation sites is 1. The lowest BCUT2D eigenvalue weighted by atomic mass is 10.2. The molecule has 0 spiro atoms. The van der Waals surface area contributed by atoms with E-state index in [4.69, 9.17) is 0 Å². The summed E-state index contributed by atoms with van der Waals surface area (Å²) in [6.07, 6.45) is 2.84. The van der Waals surface area contributed by atoms with Crippen molar-refractivity contribution in [2.24, 2.45) is 7.05 Å². The number of benzene rings is 1. The molecule has 4 aromatic rings. The number of hydrogen-bond donors (Lipinski definition) is 0. The average Bonchev–Trinajstić information content (AvgIpc) is 3.20. The van der Waals surface area contributed by atoms with Crippen LogP contribution in [0.3, 0.4) is 0 Å². The minimum atomic E-state index is -0.00949. The Bertz CT molecular complexity index is 1160. The van der Waals surface area contributed by atoms with Gasteiger partial charge in [0.2, 0.25) is 5.95 Å². The topological polar surface area (TPSA) is 71.6 Å². The first-order valence-electron chi connectivity index (χ1n) is 9.48. The molecular weight excluding hydrogens is 354 g/mol. The molecule has 0 radical (unpaired) electrons. The molecule has 5 rings (SSSR count). The standard InChI is InChI=1S/C20H21N7O/c1-24-16-8-3-2-7-15(16)18(23-24)19(28)25-10-6-11-26(14-13-25)20-22-21-17-9-4-5-12-27(17)20/h2-5,7-9,12H,6,10-11,13-14H2,1H3. The van der Waals surface area contributed by atoms with Gasteiger partial charge in [-0.25, -0.2) is 0 Å². The summed E-state index contributed by atoms with van der Waals surface area (Å²) in [4.78, 5) is 17.3. The minimum absolute atomic E-state index is 0.00949. The third kappa shape index (κ3) is 2.69. The maximum Gasteiger partial charge on any atom is 0.275 e. The quantitative estimate of drug-likeness (QED) is 0.536. The van der Waals surface area contributed by atoms with Crippen molar-refractivity contribution < 1.29 is 4.79 Å². The van der Waals surface area contributed by atoms with Crippen LogP contribution in [-0.2, 0) is 7.05 Å². The maximum atomic E-state index is 13.2. The van der Waals surface area contributed by atoms with Gasteiger partial charge in [-0.3, -0.25) is 13.9 Å². The van der Waals surface area contributed by atoms with E-state index in [1.165, 1.54) is 0 Å². The van der Waals surface area contributed by atoms with Gasteiger partial charge in [-0.15, -0.1) is 10.2 Å². The molecule has 4 heterocycles. The first kappa shape index (κ1) is 16.7. The molecule has 0 saturated carbocycles. The predicted octanol–water partition coefficient (Wildman–Crippen LogP) is 1.97. The molecule has 8 heteroatoms. The third-order valence-electron chi connectivity index (χ3n) is 5.32. The summed E-state index contributed by atoms with van der Waals surface area (Å²) in [5.41, 5.74) is 2.33. The molecule has 1 aliphatic rings. The van der Waals surface area contributed by atoms with Crippen molar-refractivity contribution >= 4 is 28.4 Å². The van der Waals surface area contributed by atoms with Crippen LogP contribution >= 0.6 is 0 Å². The van der Waals surface area contributed by atoms with Crippen LogP contribution in [0.5, 0.6) is 0 Å². The molecule has 28 heavy (non-hydrogen) atoms. The fourth-order valence-corrected chi connectivity index (χ4v) is 3.89. The van der Waals surface area contributed by atoms with Gasteiger partial charge in [0.25, 0.3) is 5.91 Å². The van der Waals surface area contributed by atoms with Gasteiger partial charge in [0, 0.05) is 44.8 Å². The number of rotatable bonds is 2. The number of aromatic nitrogens is 5. The smallest absolute Gasteiger partial charge is 0.275 e. The molecule has 1 aliphatic heterocycles. The molecule has 0 bridgehead atoms. The number of carbonyl (C=O) groups is 1. The number of fused-ring (bicyclic) bond motifs is 2. The zero-order chi connectivity index (χ0) is 19.1. The number of pyridine rings is 1. The Balaban J connectivity index is 1.39. The van der Waals surface area contributed by atoms with Crippen molar-refractivity contribution in [1.82, 2.24) is 29.3 Å². The monoisotopic (exact) mass is 375 g/mol. The van der Waals surface area contributed by atoms with Crippen LogP contribution in [0.2, 0.25) is 0 Å². The van der Waals surface area contributed by atoms with Crippen LogP contribution in [-0.4, -0.2) is 61.4 Å². The molecule has 0 atom stereocenters. The molecule has 0 aliphatic carbocycles. The molecule has 1 amide bonds. The Morgan fingerprint density at radius 2 is 1.82 bits per heavy atom. The fraction of sp³-hybridized carbons (Fsp3) is 0.300. The SMILES string of the molecule is Cn1nc(C(=O)N2CCCN(c3nnc4ccccn34)CC2)c2ccccc21. The van der Waals surface area contributed by atoms with E-state index >= 15 is 0 Å². The van der Waals surface area contributed by atoms with E-state index in [9.17, 15) is 4.79 Å². The highest BCUT2D eigenvalue weighted by Gasteiger charge is 2.25. The number of aryl methyl sites for hydroxylation is 1. The minimum Gasteiger partial charge on any atom is -0.339 e. The van der Waals surface area contributed by atoms with Gasteiger partial charge < -0.3 is 9.80 Å². The van der Waals surface area contributed by atoms with Gasteiger partial charge in [0.15, 0.2) is 11.3 Å². The van der Waals surface area contributed by atoms with Gasteiger partial charge in [-0.05, 0) is 24.6 Å². The van der Waals surface area contributed by atoms with Crippen molar-refractivity contribution in [2.75, 3.05) is 31.1 Å². The number of hydrogen-bond acceptors (Lipinski definition) is 5. The summed E-state index contributed by atoms with van der Waals surface area (Å²) in [6.45, 7) is 2.89. The van der Waals surface area contributed by atoms with Gasteiger partial charge in [-0.2, -0.15) is 5.10 Å². The van der Waals surface area contributed by atoms with Crippen LogP contribution in [0, 0.1) is 0 Å². The van der Waals surface area contributed by atoms with Gasteiger partial charge in [-0.1, -0.05) is 24.3 Å². The zero-order valence-corrected chi connectivity index (χ0v) is 15.7. The lowest BCUT2D eigenvalue weighted by Gasteiger charge is -2.21. The second-order valence-electron chi connectivity index (χ2n) is 7.05. The average molecular weight is 375 g/mol. The van der Waals surface area contributed by atoms with Crippen LogP contribution in [0.25, 0.3) is 16.6 Å². The highest BCUT2D eigenvalue weighted by atomic mass is 16.2. The molecule has 1 aromatic carbocycles. The summed E-state index contributed by atoms with van der Waals surface area (Å²) in [7, 11) is 1.87. The van der Waals surface area contributed by atoms with E-state index in [0.717, 1.165) is 35.5 Å². The molecule has 0 N–H and O–H groups in total. The normalized spacial score (nSPS) is 15.3. The number of carbonyl (C=O) groups excluding carboxylic acids is 1. The molecule has 1 fully saturated rings. The Labute approximate surface area is 162 Å². The summed E-state index contributed by atoms with van der Waals surface area (Å²) in [5, 5.41) is 14.0. The second kappa shape index (κ2) is 6.63. The van der Waals surface area contributed by atoms with Crippen LogP contribution < -0.4 is 4.90 Å². The number of anilines is 1. The van der Waals surface area contributed by atoms with E-state index in [1.54, 1.807) is 4.68 Å². The maximum absolute atomic E-state index is 13.2. The van der Waals surface area contributed by atoms with Gasteiger partial charge >= 0.3 is 0 Å². The number of amides is 1. The van der Waals surface area contributed by atoms with Crippen molar-refractivity contribution in [3.05, 3.63) is 54.4 Å². The first-order chi connectivity index (χ1) is 13.7. The molecule has 1 saturated heterocycles. The highest BCUT2D eigenvalue weighted by Crippen LogP contribution is 2.21. The van der Waals surface area contributed by atoms with Crippen molar-refractivity contribution in [3.63, 3.8) is 0 Å². The lowest BCUT2D eigenvalue weighted by molar-refractivity contribution is 0.0762. The fourth-order valence-electron chi connectivity index (χ4n) is 3.89. The second-order valence-corrected chi connectivity index (χ2v) is 7.05. The van der Waals surface area contributed by atoms with E-state index < -0.39 is 0 Å². The van der Waals surface area contributed by atoms with E-state index in [-0.39, 0.29) is 5.91 Å². The van der Waals surface area contributed by atoms with Crippen molar-refractivity contribution in [2.45, 2.75) is 6.42 Å². The van der Waals surface area contributed by atoms with Crippen LogP contribution in [0.4, 0.5) is 5.95 Å². The van der Waals surface area contributed by atoms with E-state index in [1.807, 2.05) is 65.0 Å². The van der Waals surface area contributed by atoms with Crippen LogP contribution in [0.15, 0.2) is 48.7 Å². The molecular formula is C20H21N7O. The number of nitrogens with zero attached hydrogens (tertiary/aromatic N) is 7. The summed E-state index contributed by atoms with van der Waals surface area (Å²) >= 11 is 0. The first-order valence-corrected chi connectivity index (χ1v) is 9.48. The van der Waals surface area contributed by atoms with Gasteiger partial charge in [0.1, 0.15) is 0 Å². The Morgan fingerprint density at radius 3 is 2.75 bits per heavy atom. The zero-order valence-electron chi connectivity index (χ0n) is 15.7. The Morgan fingerprint density at radius 1 is 0.964 bits per heavy atom. The molecule has 0 unspecified atom stereocenters. The molecule has 142 valence electrons. The summed E-state index contributed by atoms with van der Waals surface area (Å²) in [6, 6.07) is 13.7. The predicted molar refractivity (Wildman–Crippen MR) is 106 cm³/mol. The Hall–Kier alpha value is -3.42. The van der Waals surface area contributed by atoms with E-state index in [0.29, 0.717) is 25.3 Å². The summed E-state index contributed by atoms with van der Waals surface area (Å²) < 4.78 is 3.76.